The lowest BCUT2D eigenvalue weighted by Gasteiger charge is -2.33. The number of ether oxygens (including phenoxy) is 1. The van der Waals surface area contributed by atoms with Crippen LogP contribution in [0.15, 0.2) is 18.2 Å². The summed E-state index contributed by atoms with van der Waals surface area (Å²) in [6.07, 6.45) is 0.448. The summed E-state index contributed by atoms with van der Waals surface area (Å²) in [4.78, 5) is 13.9. The van der Waals surface area contributed by atoms with Crippen molar-refractivity contribution in [2.45, 2.75) is 45.3 Å². The van der Waals surface area contributed by atoms with Crippen LogP contribution in [0.25, 0.3) is 0 Å². The first-order chi connectivity index (χ1) is 13.2. The van der Waals surface area contributed by atoms with Gasteiger partial charge in [-0.3, -0.25) is 0 Å². The minimum absolute atomic E-state index is 0.0559. The second-order valence-corrected chi connectivity index (χ2v) is 8.17. The Labute approximate surface area is 165 Å². The molecule has 0 spiro atoms. The van der Waals surface area contributed by atoms with Gasteiger partial charge in [-0.25, -0.2) is 9.18 Å². The van der Waals surface area contributed by atoms with Crippen LogP contribution >= 0.6 is 0 Å². The van der Waals surface area contributed by atoms with Gasteiger partial charge in [0.1, 0.15) is 11.4 Å². The maximum absolute atomic E-state index is 14.1. The summed E-state index contributed by atoms with van der Waals surface area (Å²) in [6, 6.07) is 4.74. The smallest absolute Gasteiger partial charge is 0.410 e. The molecular weight excluding hydrogens is 365 g/mol. The average molecular weight is 397 g/mol. The van der Waals surface area contributed by atoms with Gasteiger partial charge in [0.2, 0.25) is 0 Å². The Morgan fingerprint density at radius 3 is 2.61 bits per heavy atom. The Hall–Kier alpha value is -2.06. The highest BCUT2D eigenvalue weighted by molar-refractivity contribution is 5.69. The topological polar surface area (TPSA) is 94.1 Å². The fourth-order valence-electron chi connectivity index (χ4n) is 3.04. The van der Waals surface area contributed by atoms with Crippen molar-refractivity contribution in [2.75, 3.05) is 43.4 Å². The molecule has 1 aliphatic heterocycles. The fourth-order valence-corrected chi connectivity index (χ4v) is 3.04. The molecule has 1 amide bonds. The zero-order valence-corrected chi connectivity index (χ0v) is 16.9. The minimum Gasteiger partial charge on any atom is -0.444 e. The van der Waals surface area contributed by atoms with Gasteiger partial charge in [0, 0.05) is 26.2 Å². The van der Waals surface area contributed by atoms with E-state index >= 15 is 0 Å². The molecule has 1 aliphatic rings. The Balaban J connectivity index is 1.85. The highest BCUT2D eigenvalue weighted by Crippen LogP contribution is 2.27. The molecule has 7 nitrogen and oxygen atoms in total. The molecule has 1 aromatic carbocycles. The number of likely N-dealkylation sites (tertiary alicyclic amines) is 1. The van der Waals surface area contributed by atoms with E-state index in [1.54, 1.807) is 17.0 Å². The molecule has 0 aromatic heterocycles. The van der Waals surface area contributed by atoms with E-state index in [0.29, 0.717) is 31.2 Å². The van der Waals surface area contributed by atoms with Gasteiger partial charge in [0.15, 0.2) is 0 Å². The molecule has 158 valence electrons. The Kier molecular flexibility index (Phi) is 7.88. The minimum atomic E-state index is -0.954. The van der Waals surface area contributed by atoms with Crippen molar-refractivity contribution >= 4 is 17.5 Å². The molecule has 0 aliphatic carbocycles. The molecular formula is C20H32FN3O4. The second-order valence-electron chi connectivity index (χ2n) is 8.17. The second kappa shape index (κ2) is 9.93. The van der Waals surface area contributed by atoms with Gasteiger partial charge in [-0.1, -0.05) is 6.07 Å². The largest absolute Gasteiger partial charge is 0.444 e. The van der Waals surface area contributed by atoms with Crippen molar-refractivity contribution in [1.82, 2.24) is 4.90 Å². The van der Waals surface area contributed by atoms with Gasteiger partial charge in [0.05, 0.1) is 24.1 Å². The third kappa shape index (κ3) is 6.83. The molecule has 8 heteroatoms. The molecule has 4 N–H and O–H groups in total. The zero-order valence-electron chi connectivity index (χ0n) is 16.9. The lowest BCUT2D eigenvalue weighted by molar-refractivity contribution is 0.0188. The lowest BCUT2D eigenvalue weighted by atomic mass is 9.97. The van der Waals surface area contributed by atoms with E-state index < -0.39 is 17.5 Å². The van der Waals surface area contributed by atoms with E-state index in [4.69, 9.17) is 9.84 Å². The van der Waals surface area contributed by atoms with Crippen LogP contribution in [0.2, 0.25) is 0 Å². The van der Waals surface area contributed by atoms with Crippen molar-refractivity contribution in [3.8, 4) is 0 Å². The van der Waals surface area contributed by atoms with E-state index in [0.717, 1.165) is 12.8 Å². The number of aliphatic hydroxyl groups is 2. The number of carbonyl (C=O) groups is 1. The standard InChI is InChI=1S/C20H32FN3O4/c1-20(2,3)28-19(27)24-9-7-14(8-10-24)11-22-17-6-4-5-16(21)18(17)23-12-15(26)13-25/h4-6,14-15,22-23,25-26H,7-13H2,1-3H3. The molecule has 0 radical (unpaired) electrons. The van der Waals surface area contributed by atoms with Crippen LogP contribution in [-0.4, -0.2) is 65.7 Å². The third-order valence-corrected chi connectivity index (χ3v) is 4.59. The zero-order chi connectivity index (χ0) is 20.7. The molecule has 1 unspecified atom stereocenters. The number of para-hydroxylation sites is 1. The number of amides is 1. The maximum atomic E-state index is 14.1. The number of halogens is 1. The molecule has 1 atom stereocenters. The molecule has 1 fully saturated rings. The van der Waals surface area contributed by atoms with E-state index in [-0.39, 0.29) is 24.9 Å². The third-order valence-electron chi connectivity index (χ3n) is 4.59. The number of aliphatic hydroxyl groups excluding tert-OH is 2. The van der Waals surface area contributed by atoms with E-state index in [2.05, 4.69) is 10.6 Å². The van der Waals surface area contributed by atoms with E-state index in [1.165, 1.54) is 6.07 Å². The molecule has 28 heavy (non-hydrogen) atoms. The van der Waals surface area contributed by atoms with Crippen molar-refractivity contribution < 1.29 is 24.1 Å². The molecule has 1 aromatic rings. The van der Waals surface area contributed by atoms with Crippen LogP contribution in [0.5, 0.6) is 0 Å². The molecule has 0 bridgehead atoms. The van der Waals surface area contributed by atoms with Gasteiger partial charge >= 0.3 is 6.09 Å². The summed E-state index contributed by atoms with van der Waals surface area (Å²) in [5.41, 5.74) is 0.390. The number of hydrogen-bond donors (Lipinski definition) is 4. The van der Waals surface area contributed by atoms with Crippen molar-refractivity contribution in [3.05, 3.63) is 24.0 Å². The number of carbonyl (C=O) groups excluding carboxylic acids is 1. The number of rotatable bonds is 7. The number of nitrogens with zero attached hydrogens (tertiary/aromatic N) is 1. The van der Waals surface area contributed by atoms with Gasteiger partial charge < -0.3 is 30.5 Å². The van der Waals surface area contributed by atoms with Gasteiger partial charge in [-0.15, -0.1) is 0 Å². The Bertz CT molecular complexity index is 643. The lowest BCUT2D eigenvalue weighted by Crippen LogP contribution is -2.42. The summed E-state index contributed by atoms with van der Waals surface area (Å²) >= 11 is 0. The molecule has 2 rings (SSSR count). The van der Waals surface area contributed by atoms with Crippen LogP contribution < -0.4 is 10.6 Å². The van der Waals surface area contributed by atoms with Crippen molar-refractivity contribution in [3.63, 3.8) is 0 Å². The SMILES string of the molecule is CC(C)(C)OC(=O)N1CCC(CNc2cccc(F)c2NCC(O)CO)CC1. The first-order valence-electron chi connectivity index (χ1n) is 9.72. The first-order valence-corrected chi connectivity index (χ1v) is 9.72. The number of nitrogens with one attached hydrogen (secondary N) is 2. The van der Waals surface area contributed by atoms with Crippen LogP contribution in [0.1, 0.15) is 33.6 Å². The summed E-state index contributed by atoms with van der Waals surface area (Å²) in [5.74, 6) is -0.0623. The Morgan fingerprint density at radius 2 is 2.00 bits per heavy atom. The monoisotopic (exact) mass is 397 g/mol. The normalized spacial score (nSPS) is 16.6. The van der Waals surface area contributed by atoms with E-state index in [1.807, 2.05) is 20.8 Å². The van der Waals surface area contributed by atoms with Gasteiger partial charge in [0.25, 0.3) is 0 Å². The quantitative estimate of drug-likeness (QED) is 0.565. The number of benzene rings is 1. The van der Waals surface area contributed by atoms with E-state index in [9.17, 15) is 14.3 Å². The highest BCUT2D eigenvalue weighted by atomic mass is 19.1. The summed E-state index contributed by atoms with van der Waals surface area (Å²) in [7, 11) is 0. The summed E-state index contributed by atoms with van der Waals surface area (Å²) in [6.45, 7) is 7.16. The number of anilines is 2. The van der Waals surface area contributed by atoms with Crippen molar-refractivity contribution in [1.29, 1.82) is 0 Å². The first kappa shape index (κ1) is 22.2. The molecule has 1 heterocycles. The van der Waals surface area contributed by atoms with Crippen LogP contribution in [0.3, 0.4) is 0 Å². The average Bonchev–Trinajstić information content (AvgIpc) is 2.64. The van der Waals surface area contributed by atoms with Gasteiger partial charge in [-0.05, 0) is 51.7 Å². The molecule has 1 saturated heterocycles. The van der Waals surface area contributed by atoms with Crippen LogP contribution in [0.4, 0.5) is 20.6 Å². The number of piperidine rings is 1. The number of hydrogen-bond acceptors (Lipinski definition) is 6. The predicted octanol–water partition coefficient (Wildman–Crippen LogP) is 2.65. The van der Waals surface area contributed by atoms with Crippen molar-refractivity contribution in [2.24, 2.45) is 5.92 Å². The van der Waals surface area contributed by atoms with Crippen LogP contribution in [0, 0.1) is 11.7 Å². The summed E-state index contributed by atoms with van der Waals surface area (Å²) in [5, 5.41) is 24.5. The summed E-state index contributed by atoms with van der Waals surface area (Å²) < 4.78 is 19.5. The maximum Gasteiger partial charge on any atom is 0.410 e. The fraction of sp³-hybridized carbons (Fsp3) is 0.650. The van der Waals surface area contributed by atoms with Gasteiger partial charge in [-0.2, -0.15) is 0 Å². The Morgan fingerprint density at radius 1 is 1.32 bits per heavy atom. The predicted molar refractivity (Wildman–Crippen MR) is 107 cm³/mol. The van der Waals surface area contributed by atoms with Crippen LogP contribution in [-0.2, 0) is 4.74 Å². The highest BCUT2D eigenvalue weighted by Gasteiger charge is 2.26. The molecule has 0 saturated carbocycles.